The number of hydrogen-bond acceptors (Lipinski definition) is 3. The van der Waals surface area contributed by atoms with Crippen molar-refractivity contribution in [1.29, 1.82) is 0 Å². The molecule has 0 aliphatic heterocycles. The molecule has 0 saturated heterocycles. The predicted molar refractivity (Wildman–Crippen MR) is 77.8 cm³/mol. The van der Waals surface area contributed by atoms with E-state index >= 15 is 0 Å². The molecule has 23 heavy (non-hydrogen) atoms. The minimum atomic E-state index is -4.76. The van der Waals surface area contributed by atoms with Crippen molar-refractivity contribution in [1.82, 2.24) is 0 Å². The number of carbonyl (C=O) groups is 1. The largest absolute Gasteiger partial charge is 0.573 e. The van der Waals surface area contributed by atoms with Crippen LogP contribution in [0, 0.1) is 0 Å². The Morgan fingerprint density at radius 1 is 1.09 bits per heavy atom. The van der Waals surface area contributed by atoms with Gasteiger partial charge in [-0.3, -0.25) is 4.79 Å². The molecule has 0 aliphatic rings. The molecular weight excluding hydrogens is 311 g/mol. The first-order chi connectivity index (χ1) is 10.8. The van der Waals surface area contributed by atoms with Crippen LogP contribution in [0.15, 0.2) is 54.6 Å². The van der Waals surface area contributed by atoms with Crippen molar-refractivity contribution in [2.24, 2.45) is 0 Å². The molecule has 0 aliphatic carbocycles. The van der Waals surface area contributed by atoms with Crippen LogP contribution in [0.3, 0.4) is 0 Å². The van der Waals surface area contributed by atoms with Crippen LogP contribution < -0.4 is 10.1 Å². The molecule has 0 fully saturated rings. The maximum Gasteiger partial charge on any atom is 0.573 e. The molecule has 2 N–H and O–H groups in total. The zero-order valence-electron chi connectivity index (χ0n) is 11.9. The summed E-state index contributed by atoms with van der Waals surface area (Å²) in [5, 5.41) is 12.4. The van der Waals surface area contributed by atoms with Gasteiger partial charge < -0.3 is 15.2 Å². The van der Waals surface area contributed by atoms with E-state index in [-0.39, 0.29) is 12.2 Å². The van der Waals surface area contributed by atoms with Gasteiger partial charge in [0.25, 0.3) is 0 Å². The van der Waals surface area contributed by atoms with E-state index in [2.05, 4.69) is 10.1 Å². The molecule has 0 saturated carbocycles. The summed E-state index contributed by atoms with van der Waals surface area (Å²) in [6.45, 7) is 0. The Balaban J connectivity index is 1.90. The fraction of sp³-hybridized carbons (Fsp3) is 0.188. The van der Waals surface area contributed by atoms with Gasteiger partial charge in [0.1, 0.15) is 5.75 Å². The van der Waals surface area contributed by atoms with Gasteiger partial charge >= 0.3 is 6.36 Å². The van der Waals surface area contributed by atoms with Crippen LogP contribution in [0.25, 0.3) is 0 Å². The van der Waals surface area contributed by atoms with Crippen LogP contribution in [0.2, 0.25) is 0 Å². The van der Waals surface area contributed by atoms with Crippen LogP contribution in [-0.2, 0) is 4.79 Å². The molecule has 2 aromatic rings. The maximum atomic E-state index is 12.0. The Labute approximate surface area is 130 Å². The van der Waals surface area contributed by atoms with Crippen molar-refractivity contribution >= 4 is 11.6 Å². The van der Waals surface area contributed by atoms with Gasteiger partial charge in [0.2, 0.25) is 5.91 Å². The number of anilines is 1. The Morgan fingerprint density at radius 2 is 1.70 bits per heavy atom. The highest BCUT2D eigenvalue weighted by atomic mass is 19.4. The van der Waals surface area contributed by atoms with E-state index in [4.69, 9.17) is 0 Å². The summed E-state index contributed by atoms with van der Waals surface area (Å²) in [4.78, 5) is 11.8. The third kappa shape index (κ3) is 5.63. The van der Waals surface area contributed by atoms with Gasteiger partial charge in [0, 0.05) is 5.69 Å². The lowest BCUT2D eigenvalue weighted by molar-refractivity contribution is -0.274. The van der Waals surface area contributed by atoms with Gasteiger partial charge in [-0.2, -0.15) is 0 Å². The molecule has 7 heteroatoms. The number of benzene rings is 2. The minimum Gasteiger partial charge on any atom is -0.406 e. The lowest BCUT2D eigenvalue weighted by Crippen LogP contribution is -2.17. The lowest BCUT2D eigenvalue weighted by Gasteiger charge is -2.12. The van der Waals surface area contributed by atoms with Gasteiger partial charge in [-0.25, -0.2) is 0 Å². The summed E-state index contributed by atoms with van der Waals surface area (Å²) in [5.41, 5.74) is 0.918. The van der Waals surface area contributed by atoms with Crippen molar-refractivity contribution in [3.8, 4) is 5.75 Å². The second-order valence-electron chi connectivity index (χ2n) is 4.75. The van der Waals surface area contributed by atoms with E-state index in [0.29, 0.717) is 11.3 Å². The highest BCUT2D eigenvalue weighted by Crippen LogP contribution is 2.24. The molecule has 1 amide bonds. The topological polar surface area (TPSA) is 58.6 Å². The van der Waals surface area contributed by atoms with Gasteiger partial charge in [-0.1, -0.05) is 30.3 Å². The Morgan fingerprint density at radius 3 is 2.26 bits per heavy atom. The van der Waals surface area contributed by atoms with Crippen LogP contribution in [0.5, 0.6) is 5.75 Å². The molecule has 0 aromatic heterocycles. The third-order valence-corrected chi connectivity index (χ3v) is 2.93. The molecule has 4 nitrogen and oxygen atoms in total. The second-order valence-corrected chi connectivity index (χ2v) is 4.75. The van der Waals surface area contributed by atoms with Crippen LogP contribution >= 0.6 is 0 Å². The second kappa shape index (κ2) is 7.15. The van der Waals surface area contributed by atoms with Crippen molar-refractivity contribution in [3.63, 3.8) is 0 Å². The van der Waals surface area contributed by atoms with Crippen molar-refractivity contribution in [2.75, 3.05) is 5.32 Å². The number of aliphatic hydroxyl groups is 1. The summed E-state index contributed by atoms with van der Waals surface area (Å²) >= 11 is 0. The normalized spacial score (nSPS) is 12.5. The first kappa shape index (κ1) is 16.8. The summed E-state index contributed by atoms with van der Waals surface area (Å²) in [7, 11) is 0. The van der Waals surface area contributed by atoms with E-state index in [1.807, 2.05) is 0 Å². The van der Waals surface area contributed by atoms with Gasteiger partial charge in [-0.05, 0) is 29.8 Å². The number of rotatable bonds is 5. The third-order valence-electron chi connectivity index (χ3n) is 2.93. The standard InChI is InChI=1S/C16H14F3NO3/c17-16(18,19)23-13-8-6-12(7-9-13)20-15(22)10-14(21)11-4-2-1-3-5-11/h1-9,14,21H,10H2,(H,20,22). The first-order valence-corrected chi connectivity index (χ1v) is 6.72. The highest BCUT2D eigenvalue weighted by molar-refractivity contribution is 5.91. The zero-order valence-corrected chi connectivity index (χ0v) is 11.9. The smallest absolute Gasteiger partial charge is 0.406 e. The molecule has 0 spiro atoms. The predicted octanol–water partition coefficient (Wildman–Crippen LogP) is 3.65. The Kier molecular flexibility index (Phi) is 5.23. The molecule has 2 aromatic carbocycles. The van der Waals surface area contributed by atoms with Crippen molar-refractivity contribution in [3.05, 3.63) is 60.2 Å². The van der Waals surface area contributed by atoms with Gasteiger partial charge in [0.05, 0.1) is 12.5 Å². The molecule has 1 atom stereocenters. The van der Waals surface area contributed by atoms with Crippen LogP contribution in [0.4, 0.5) is 18.9 Å². The van der Waals surface area contributed by atoms with Crippen molar-refractivity contribution < 1.29 is 27.8 Å². The molecule has 0 radical (unpaired) electrons. The number of hydrogen-bond donors (Lipinski definition) is 2. The van der Waals surface area contributed by atoms with E-state index in [1.165, 1.54) is 12.1 Å². The number of ether oxygens (including phenoxy) is 1. The number of nitrogens with one attached hydrogen (secondary N) is 1. The molecule has 122 valence electrons. The van der Waals surface area contributed by atoms with E-state index in [0.717, 1.165) is 12.1 Å². The SMILES string of the molecule is O=C(CC(O)c1ccccc1)Nc1ccc(OC(F)(F)F)cc1. The number of alkyl halides is 3. The number of aliphatic hydroxyl groups excluding tert-OH is 1. The fourth-order valence-corrected chi connectivity index (χ4v) is 1.92. The highest BCUT2D eigenvalue weighted by Gasteiger charge is 2.30. The number of halogens is 3. The Hall–Kier alpha value is -2.54. The molecule has 0 heterocycles. The quantitative estimate of drug-likeness (QED) is 0.882. The first-order valence-electron chi connectivity index (χ1n) is 6.72. The molecule has 1 unspecified atom stereocenters. The summed E-state index contributed by atoms with van der Waals surface area (Å²) in [6.07, 6.45) is -5.88. The number of amides is 1. The average molecular weight is 325 g/mol. The Bertz CT molecular complexity index is 642. The summed E-state index contributed by atoms with van der Waals surface area (Å²) < 4.78 is 39.8. The number of carbonyl (C=O) groups excluding carboxylic acids is 1. The van der Waals surface area contributed by atoms with Crippen LogP contribution in [-0.4, -0.2) is 17.4 Å². The molecule has 2 rings (SSSR count). The summed E-state index contributed by atoms with van der Waals surface area (Å²) in [5.74, 6) is -0.828. The monoisotopic (exact) mass is 325 g/mol. The van der Waals surface area contributed by atoms with Gasteiger partial charge in [0.15, 0.2) is 0 Å². The van der Waals surface area contributed by atoms with Crippen molar-refractivity contribution in [2.45, 2.75) is 18.9 Å². The fourth-order valence-electron chi connectivity index (χ4n) is 1.92. The average Bonchev–Trinajstić information content (AvgIpc) is 2.48. The van der Waals surface area contributed by atoms with E-state index < -0.39 is 18.4 Å². The van der Waals surface area contributed by atoms with Gasteiger partial charge in [-0.15, -0.1) is 13.2 Å². The van der Waals surface area contributed by atoms with E-state index in [9.17, 15) is 23.1 Å². The zero-order chi connectivity index (χ0) is 16.9. The van der Waals surface area contributed by atoms with E-state index in [1.54, 1.807) is 30.3 Å². The summed E-state index contributed by atoms with van der Waals surface area (Å²) in [6, 6.07) is 13.4. The van der Waals surface area contributed by atoms with Crippen LogP contribution in [0.1, 0.15) is 18.1 Å². The molecule has 0 bridgehead atoms. The lowest BCUT2D eigenvalue weighted by atomic mass is 10.1. The maximum absolute atomic E-state index is 12.0. The minimum absolute atomic E-state index is 0.162. The molecular formula is C16H14F3NO3.